The third kappa shape index (κ3) is 3.17. The Bertz CT molecular complexity index is 1300. The summed E-state index contributed by atoms with van der Waals surface area (Å²) in [4.78, 5) is 24.7. The van der Waals surface area contributed by atoms with E-state index in [0.717, 1.165) is 48.7 Å². The van der Waals surface area contributed by atoms with Gasteiger partial charge in [0.05, 0.1) is 41.1 Å². The van der Waals surface area contributed by atoms with Crippen molar-refractivity contribution in [2.75, 3.05) is 13.7 Å². The molecule has 2 aromatic heterocycles. The van der Waals surface area contributed by atoms with Crippen molar-refractivity contribution in [1.29, 1.82) is 0 Å². The number of fused-ring (bicyclic) bond motifs is 4. The predicted molar refractivity (Wildman–Crippen MR) is 114 cm³/mol. The van der Waals surface area contributed by atoms with E-state index in [1.165, 1.54) is 0 Å². The smallest absolute Gasteiger partial charge is 0.404 e. The van der Waals surface area contributed by atoms with Crippen molar-refractivity contribution in [2.45, 2.75) is 19.4 Å². The van der Waals surface area contributed by atoms with Gasteiger partial charge in [-0.1, -0.05) is 0 Å². The Hall–Kier alpha value is -3.46. The molecule has 0 bridgehead atoms. The van der Waals surface area contributed by atoms with Gasteiger partial charge in [0.2, 0.25) is 5.88 Å². The molecule has 1 aliphatic rings. The fourth-order valence-corrected chi connectivity index (χ4v) is 4.85. The zero-order valence-electron chi connectivity index (χ0n) is 16.3. The first kappa shape index (κ1) is 18.6. The molecule has 0 saturated carbocycles. The van der Waals surface area contributed by atoms with E-state index in [4.69, 9.17) is 19.6 Å². The fourth-order valence-electron chi connectivity index (χ4n) is 3.72. The molecule has 1 atom stereocenters. The largest absolute Gasteiger partial charge is 0.488 e. The molecule has 8 nitrogen and oxygen atoms in total. The molecule has 0 spiro atoms. The minimum Gasteiger partial charge on any atom is -0.488 e. The van der Waals surface area contributed by atoms with Gasteiger partial charge < -0.3 is 19.9 Å². The quantitative estimate of drug-likeness (QED) is 0.515. The van der Waals surface area contributed by atoms with Crippen molar-refractivity contribution in [3.05, 3.63) is 41.6 Å². The molecule has 0 aliphatic carbocycles. The van der Waals surface area contributed by atoms with Crippen molar-refractivity contribution in [2.24, 2.45) is 0 Å². The van der Waals surface area contributed by atoms with E-state index in [0.29, 0.717) is 12.3 Å². The molecule has 4 aromatic rings. The molecule has 9 heteroatoms. The van der Waals surface area contributed by atoms with Gasteiger partial charge in [-0.25, -0.2) is 19.7 Å². The van der Waals surface area contributed by atoms with Gasteiger partial charge in [0.25, 0.3) is 0 Å². The topological polar surface area (TPSA) is 106 Å². The maximum absolute atomic E-state index is 10.8. The Morgan fingerprint density at radius 2 is 2.20 bits per heavy atom. The van der Waals surface area contributed by atoms with Crippen LogP contribution in [0.3, 0.4) is 0 Å². The second kappa shape index (κ2) is 7.10. The molecule has 2 aromatic carbocycles. The number of carbonyl (C=O) groups is 1. The Labute approximate surface area is 175 Å². The zero-order valence-corrected chi connectivity index (χ0v) is 17.1. The van der Waals surface area contributed by atoms with Crippen molar-refractivity contribution < 1.29 is 19.4 Å². The highest BCUT2D eigenvalue weighted by Crippen LogP contribution is 2.41. The van der Waals surface area contributed by atoms with Crippen LogP contribution in [-0.4, -0.2) is 45.9 Å². The Morgan fingerprint density at radius 1 is 1.33 bits per heavy atom. The highest BCUT2D eigenvalue weighted by molar-refractivity contribution is 7.22. The number of carboxylic acid groups (broad SMARTS) is 1. The molecule has 0 radical (unpaired) electrons. The average molecular weight is 422 g/mol. The van der Waals surface area contributed by atoms with Crippen molar-refractivity contribution in [3.63, 3.8) is 0 Å². The number of methoxy groups -OCH3 is 1. The third-order valence-corrected chi connectivity index (χ3v) is 6.20. The maximum atomic E-state index is 10.8. The summed E-state index contributed by atoms with van der Waals surface area (Å²) >= 11 is 1.59. The van der Waals surface area contributed by atoms with Crippen molar-refractivity contribution in [3.8, 4) is 22.2 Å². The standard InChI is InChI=1S/C21H18N4O4S/c1-10-5-13(18-15(6-10)24-17(28-2)9-22-18)20-25-14-3-4-16-12(19(14)30-20)7-11(29-16)8-23-21(26)27/h3-6,9,11,23H,7-8H2,1-2H3,(H,26,27)/t11-/m0/s1. The number of amides is 1. The van der Waals surface area contributed by atoms with Gasteiger partial charge in [-0.05, 0) is 36.8 Å². The molecular weight excluding hydrogens is 404 g/mol. The lowest BCUT2D eigenvalue weighted by molar-refractivity contribution is 0.181. The minimum absolute atomic E-state index is 0.217. The summed E-state index contributed by atoms with van der Waals surface area (Å²) in [5, 5.41) is 12.1. The third-order valence-electron chi connectivity index (χ3n) is 5.03. The minimum atomic E-state index is -1.05. The summed E-state index contributed by atoms with van der Waals surface area (Å²) < 4.78 is 12.2. The molecule has 3 heterocycles. The van der Waals surface area contributed by atoms with Crippen LogP contribution in [0.25, 0.3) is 31.8 Å². The van der Waals surface area contributed by atoms with Crippen LogP contribution in [0.4, 0.5) is 4.79 Å². The van der Waals surface area contributed by atoms with Gasteiger partial charge in [0.15, 0.2) is 0 Å². The molecular formula is C21H18N4O4S. The molecule has 0 unspecified atom stereocenters. The van der Waals surface area contributed by atoms with Gasteiger partial charge >= 0.3 is 6.09 Å². The first-order valence-corrected chi connectivity index (χ1v) is 10.2. The van der Waals surface area contributed by atoms with Crippen LogP contribution < -0.4 is 14.8 Å². The first-order valence-electron chi connectivity index (χ1n) is 9.39. The lowest BCUT2D eigenvalue weighted by Gasteiger charge is -2.09. The highest BCUT2D eigenvalue weighted by atomic mass is 32.1. The molecule has 1 amide bonds. The maximum Gasteiger partial charge on any atom is 0.404 e. The lowest BCUT2D eigenvalue weighted by Crippen LogP contribution is -2.33. The summed E-state index contributed by atoms with van der Waals surface area (Å²) in [6.07, 6.45) is 0.981. The molecule has 0 saturated heterocycles. The molecule has 30 heavy (non-hydrogen) atoms. The van der Waals surface area contributed by atoms with Crippen LogP contribution in [0.2, 0.25) is 0 Å². The summed E-state index contributed by atoms with van der Waals surface area (Å²) in [5.41, 5.74) is 5.48. The van der Waals surface area contributed by atoms with Crippen LogP contribution in [-0.2, 0) is 6.42 Å². The number of benzene rings is 2. The number of nitrogens with one attached hydrogen (secondary N) is 1. The zero-order chi connectivity index (χ0) is 20.8. The molecule has 152 valence electrons. The molecule has 0 fully saturated rings. The summed E-state index contributed by atoms with van der Waals surface area (Å²) in [5.74, 6) is 1.26. The average Bonchev–Trinajstić information content (AvgIpc) is 3.34. The SMILES string of the molecule is COc1cnc2c(-c3nc4ccc5c(c4s3)C[C@@H](CNC(=O)O)O5)cc(C)cc2n1. The number of rotatable bonds is 4. The second-order valence-electron chi connectivity index (χ2n) is 7.13. The van der Waals surface area contributed by atoms with E-state index >= 15 is 0 Å². The summed E-state index contributed by atoms with van der Waals surface area (Å²) in [7, 11) is 1.57. The number of thiazole rings is 1. The van der Waals surface area contributed by atoms with E-state index in [9.17, 15) is 4.79 Å². The molecule has 1 aliphatic heterocycles. The highest BCUT2D eigenvalue weighted by Gasteiger charge is 2.27. The first-order chi connectivity index (χ1) is 14.5. The van der Waals surface area contributed by atoms with Crippen molar-refractivity contribution >= 4 is 38.7 Å². The van der Waals surface area contributed by atoms with Crippen molar-refractivity contribution in [1.82, 2.24) is 20.3 Å². The molecule has 2 N–H and O–H groups in total. The van der Waals surface area contributed by atoms with Crippen LogP contribution >= 0.6 is 11.3 Å². The van der Waals surface area contributed by atoms with Gasteiger partial charge in [-0.15, -0.1) is 11.3 Å². The van der Waals surface area contributed by atoms with E-state index in [2.05, 4.69) is 21.4 Å². The van der Waals surface area contributed by atoms with Crippen LogP contribution in [0.15, 0.2) is 30.5 Å². The van der Waals surface area contributed by atoms with Crippen LogP contribution in [0.5, 0.6) is 11.6 Å². The van der Waals surface area contributed by atoms with Gasteiger partial charge in [-0.2, -0.15) is 0 Å². The fraction of sp³-hybridized carbons (Fsp3) is 0.238. The number of hydrogen-bond donors (Lipinski definition) is 2. The second-order valence-corrected chi connectivity index (χ2v) is 8.13. The van der Waals surface area contributed by atoms with E-state index < -0.39 is 6.09 Å². The molecule has 5 rings (SSSR count). The van der Waals surface area contributed by atoms with E-state index in [1.54, 1.807) is 24.6 Å². The number of aryl methyl sites for hydroxylation is 1. The number of hydrogen-bond acceptors (Lipinski definition) is 7. The van der Waals surface area contributed by atoms with Gasteiger partial charge in [0, 0.05) is 17.5 Å². The lowest BCUT2D eigenvalue weighted by atomic mass is 10.1. The van der Waals surface area contributed by atoms with E-state index in [1.807, 2.05) is 25.1 Å². The van der Waals surface area contributed by atoms with Gasteiger partial charge in [0.1, 0.15) is 16.9 Å². The van der Waals surface area contributed by atoms with E-state index in [-0.39, 0.29) is 12.6 Å². The summed E-state index contributed by atoms with van der Waals surface area (Å²) in [6, 6.07) is 7.89. The normalized spacial score (nSPS) is 15.2. The monoisotopic (exact) mass is 422 g/mol. The Morgan fingerprint density at radius 3 is 3.00 bits per heavy atom. The Kier molecular flexibility index (Phi) is 4.39. The summed E-state index contributed by atoms with van der Waals surface area (Å²) in [6.45, 7) is 2.26. The van der Waals surface area contributed by atoms with Gasteiger partial charge in [-0.3, -0.25) is 0 Å². The Balaban J connectivity index is 1.58. The van der Waals surface area contributed by atoms with Crippen LogP contribution in [0, 0.1) is 6.92 Å². The number of aromatic nitrogens is 3. The number of ether oxygens (including phenoxy) is 2. The number of nitrogens with zero attached hydrogens (tertiary/aromatic N) is 3. The van der Waals surface area contributed by atoms with Crippen LogP contribution in [0.1, 0.15) is 11.1 Å². The predicted octanol–water partition coefficient (Wildman–Crippen LogP) is 3.79.